The molecule has 1 unspecified atom stereocenters. The molecule has 0 aromatic rings. The van der Waals surface area contributed by atoms with Crippen LogP contribution in [0.25, 0.3) is 0 Å². The zero-order valence-corrected chi connectivity index (χ0v) is 12.3. The van der Waals surface area contributed by atoms with Gasteiger partial charge in [-0.25, -0.2) is 0 Å². The largest absolute Gasteiger partial charge is 0.546 e. The number of hydrogen-bond acceptors (Lipinski definition) is 2. The second-order valence-corrected chi connectivity index (χ2v) is 10.6. The molecule has 16 heavy (non-hydrogen) atoms. The van der Waals surface area contributed by atoms with Gasteiger partial charge in [-0.1, -0.05) is 27.7 Å². The number of hydrogen-bond donors (Lipinski definition) is 0. The molecule has 1 atom stereocenters. The second-order valence-electron chi connectivity index (χ2n) is 5.92. The molecule has 0 spiro atoms. The van der Waals surface area contributed by atoms with Gasteiger partial charge in [0.25, 0.3) is 0 Å². The molecule has 92 valence electrons. The van der Waals surface area contributed by atoms with Gasteiger partial charge in [0, 0.05) is 5.92 Å². The third-order valence-corrected chi connectivity index (χ3v) is 7.83. The van der Waals surface area contributed by atoms with E-state index < -0.39 is 8.32 Å². The van der Waals surface area contributed by atoms with Gasteiger partial charge in [-0.05, 0) is 30.3 Å². The summed E-state index contributed by atoms with van der Waals surface area (Å²) >= 11 is 0. The van der Waals surface area contributed by atoms with Crippen LogP contribution in [0, 0.1) is 5.92 Å². The van der Waals surface area contributed by atoms with Crippen LogP contribution < -0.4 is 0 Å². The van der Waals surface area contributed by atoms with Crippen molar-refractivity contribution in [3.05, 3.63) is 24.2 Å². The van der Waals surface area contributed by atoms with E-state index >= 15 is 0 Å². The lowest BCUT2D eigenvalue weighted by molar-refractivity contribution is 0.287. The first-order valence-corrected chi connectivity index (χ1v) is 8.82. The maximum Gasteiger partial charge on any atom is 0.250 e. The van der Waals surface area contributed by atoms with Gasteiger partial charge in [-0.2, -0.15) is 0 Å². The molecule has 1 aliphatic rings. The zero-order chi connectivity index (χ0) is 12.4. The average molecular weight is 240 g/mol. The van der Waals surface area contributed by atoms with Gasteiger partial charge in [0.2, 0.25) is 8.32 Å². The Morgan fingerprint density at radius 1 is 1.38 bits per heavy atom. The van der Waals surface area contributed by atoms with Crippen LogP contribution in [0.1, 0.15) is 27.7 Å². The minimum Gasteiger partial charge on any atom is -0.546 e. The van der Waals surface area contributed by atoms with Crippen molar-refractivity contribution in [2.24, 2.45) is 5.92 Å². The van der Waals surface area contributed by atoms with Gasteiger partial charge >= 0.3 is 0 Å². The monoisotopic (exact) mass is 240 g/mol. The Kier molecular flexibility index (Phi) is 3.89. The average Bonchev–Trinajstić information content (AvgIpc) is 2.30. The predicted molar refractivity (Wildman–Crippen MR) is 70.6 cm³/mol. The highest BCUT2D eigenvalue weighted by molar-refractivity contribution is 6.74. The van der Waals surface area contributed by atoms with Crippen molar-refractivity contribution < 1.29 is 9.16 Å². The maximum absolute atomic E-state index is 6.30. The summed E-state index contributed by atoms with van der Waals surface area (Å²) in [6, 6.07) is 0. The van der Waals surface area contributed by atoms with Crippen LogP contribution >= 0.6 is 0 Å². The SMILES string of the molecule is CC1C=COCC=C1O[Si](C)(C)C(C)(C)C. The van der Waals surface area contributed by atoms with Crippen molar-refractivity contribution >= 4 is 8.32 Å². The Morgan fingerprint density at radius 2 is 2.00 bits per heavy atom. The Morgan fingerprint density at radius 3 is 2.56 bits per heavy atom. The zero-order valence-electron chi connectivity index (χ0n) is 11.3. The lowest BCUT2D eigenvalue weighted by Gasteiger charge is -2.38. The summed E-state index contributed by atoms with van der Waals surface area (Å²) in [5.41, 5.74) is 0. The quantitative estimate of drug-likeness (QED) is 0.677. The van der Waals surface area contributed by atoms with Crippen LogP contribution in [-0.4, -0.2) is 14.9 Å². The molecule has 1 heterocycles. The molecular formula is C13H24O2Si. The third kappa shape index (κ3) is 3.14. The van der Waals surface area contributed by atoms with Crippen molar-refractivity contribution in [3.8, 4) is 0 Å². The van der Waals surface area contributed by atoms with E-state index in [9.17, 15) is 0 Å². The summed E-state index contributed by atoms with van der Waals surface area (Å²) in [5.74, 6) is 1.39. The lowest BCUT2D eigenvalue weighted by atomic mass is 10.1. The summed E-state index contributed by atoms with van der Waals surface area (Å²) in [6.45, 7) is 14.1. The molecule has 0 aromatic carbocycles. The second kappa shape index (κ2) is 4.66. The van der Waals surface area contributed by atoms with Crippen molar-refractivity contribution in [2.45, 2.75) is 45.8 Å². The molecule has 0 N–H and O–H groups in total. The highest BCUT2D eigenvalue weighted by Gasteiger charge is 2.39. The standard InChI is InChI=1S/C13H24O2Si/c1-11-7-9-14-10-8-12(11)15-16(5,6)13(2,3)4/h7-9,11H,10H2,1-6H3. The first kappa shape index (κ1) is 13.4. The molecule has 0 saturated carbocycles. The topological polar surface area (TPSA) is 18.5 Å². The van der Waals surface area contributed by atoms with Crippen molar-refractivity contribution in [1.82, 2.24) is 0 Å². The fraction of sp³-hybridized carbons (Fsp3) is 0.692. The molecule has 3 heteroatoms. The lowest BCUT2D eigenvalue weighted by Crippen LogP contribution is -2.41. The summed E-state index contributed by atoms with van der Waals surface area (Å²) < 4.78 is 11.6. The van der Waals surface area contributed by atoms with E-state index in [1.54, 1.807) is 6.26 Å². The van der Waals surface area contributed by atoms with Crippen LogP contribution in [-0.2, 0) is 9.16 Å². The smallest absolute Gasteiger partial charge is 0.250 e. The van der Waals surface area contributed by atoms with Crippen molar-refractivity contribution in [1.29, 1.82) is 0 Å². The van der Waals surface area contributed by atoms with Crippen LogP contribution in [0.15, 0.2) is 24.2 Å². The molecule has 0 bridgehead atoms. The molecule has 0 fully saturated rings. The van der Waals surface area contributed by atoms with Gasteiger partial charge in [-0.15, -0.1) is 0 Å². The van der Waals surface area contributed by atoms with Gasteiger partial charge in [0.05, 0.1) is 12.0 Å². The fourth-order valence-corrected chi connectivity index (χ4v) is 2.39. The van der Waals surface area contributed by atoms with E-state index in [0.29, 0.717) is 12.5 Å². The number of allylic oxidation sites excluding steroid dienone is 1. The van der Waals surface area contributed by atoms with E-state index in [4.69, 9.17) is 9.16 Å². The van der Waals surface area contributed by atoms with Crippen LogP contribution in [0.5, 0.6) is 0 Å². The van der Waals surface area contributed by atoms with Crippen molar-refractivity contribution in [2.75, 3.05) is 6.61 Å². The van der Waals surface area contributed by atoms with Crippen molar-refractivity contribution in [3.63, 3.8) is 0 Å². The summed E-state index contributed by atoms with van der Waals surface area (Å²) in [5, 5.41) is 0.241. The minimum atomic E-state index is -1.71. The molecule has 1 aliphatic heterocycles. The van der Waals surface area contributed by atoms with E-state index in [1.807, 2.05) is 6.08 Å². The van der Waals surface area contributed by atoms with Gasteiger partial charge in [0.15, 0.2) is 0 Å². The van der Waals surface area contributed by atoms with E-state index in [1.165, 1.54) is 0 Å². The summed E-state index contributed by atoms with van der Waals surface area (Å²) in [4.78, 5) is 0. The Balaban J connectivity index is 2.80. The van der Waals surface area contributed by atoms with Gasteiger partial charge in [0.1, 0.15) is 6.61 Å². The highest BCUT2D eigenvalue weighted by atomic mass is 28.4. The first-order chi connectivity index (χ1) is 7.24. The molecular weight excluding hydrogens is 216 g/mol. The molecule has 1 rings (SSSR count). The van der Waals surface area contributed by atoms with E-state index in [2.05, 4.69) is 46.9 Å². The van der Waals surface area contributed by atoms with E-state index in [-0.39, 0.29) is 5.04 Å². The normalized spacial score (nSPS) is 22.1. The minimum absolute atomic E-state index is 0.241. The molecule has 0 saturated heterocycles. The van der Waals surface area contributed by atoms with Gasteiger partial charge in [-0.3, -0.25) is 0 Å². The molecule has 0 aromatic heterocycles. The Bertz CT molecular complexity index is 298. The summed E-state index contributed by atoms with van der Waals surface area (Å²) in [6.07, 6.45) is 5.88. The maximum atomic E-state index is 6.30. The number of rotatable bonds is 2. The molecule has 2 nitrogen and oxygen atoms in total. The fourth-order valence-electron chi connectivity index (χ4n) is 1.22. The third-order valence-electron chi connectivity index (χ3n) is 3.47. The number of ether oxygens (including phenoxy) is 1. The van der Waals surface area contributed by atoms with Gasteiger partial charge < -0.3 is 9.16 Å². The Hall–Kier alpha value is -0.703. The van der Waals surface area contributed by atoms with Crippen LogP contribution in [0.2, 0.25) is 18.1 Å². The molecule has 0 radical (unpaired) electrons. The summed E-state index contributed by atoms with van der Waals surface area (Å²) in [7, 11) is -1.71. The van der Waals surface area contributed by atoms with Crippen LogP contribution in [0.3, 0.4) is 0 Å². The first-order valence-electron chi connectivity index (χ1n) is 5.91. The highest BCUT2D eigenvalue weighted by Crippen LogP contribution is 2.39. The van der Waals surface area contributed by atoms with E-state index in [0.717, 1.165) is 5.76 Å². The Labute approximate surface area is 100 Å². The predicted octanol–water partition coefficient (Wildman–Crippen LogP) is 4.07. The molecule has 0 aliphatic carbocycles. The van der Waals surface area contributed by atoms with Crippen LogP contribution in [0.4, 0.5) is 0 Å². The molecule has 0 amide bonds.